The number of imidazole rings is 1. The van der Waals surface area contributed by atoms with Crippen molar-refractivity contribution in [2.75, 3.05) is 6.61 Å². The van der Waals surface area contributed by atoms with Gasteiger partial charge in [0.1, 0.15) is 5.82 Å². The van der Waals surface area contributed by atoms with Crippen molar-refractivity contribution in [2.45, 2.75) is 26.3 Å². The van der Waals surface area contributed by atoms with Crippen molar-refractivity contribution in [1.82, 2.24) is 9.55 Å². The van der Waals surface area contributed by atoms with Gasteiger partial charge in [-0.2, -0.15) is 0 Å². The number of benzene rings is 1. The van der Waals surface area contributed by atoms with Crippen LogP contribution >= 0.6 is 0 Å². The third-order valence-corrected chi connectivity index (χ3v) is 2.98. The van der Waals surface area contributed by atoms with E-state index in [2.05, 4.69) is 4.98 Å². The van der Waals surface area contributed by atoms with Crippen LogP contribution in [0.15, 0.2) is 24.3 Å². The van der Waals surface area contributed by atoms with Gasteiger partial charge in [-0.3, -0.25) is 4.79 Å². The van der Waals surface area contributed by atoms with Crippen molar-refractivity contribution in [3.05, 3.63) is 30.1 Å². The van der Waals surface area contributed by atoms with Crippen molar-refractivity contribution in [2.24, 2.45) is 0 Å². The van der Waals surface area contributed by atoms with Gasteiger partial charge >= 0.3 is 0 Å². The fraction of sp³-hybridized carbons (Fsp3) is 0.385. The Morgan fingerprint density at radius 3 is 2.82 bits per heavy atom. The number of aromatic nitrogens is 2. The van der Waals surface area contributed by atoms with Crippen LogP contribution in [-0.4, -0.2) is 27.0 Å². The third kappa shape index (κ3) is 2.08. The molecule has 2 rings (SSSR count). The van der Waals surface area contributed by atoms with Gasteiger partial charge in [0.2, 0.25) is 0 Å². The Labute approximate surface area is 99.9 Å². The number of fused-ring (bicyclic) bond motifs is 1. The summed E-state index contributed by atoms with van der Waals surface area (Å²) in [6.45, 7) is 3.47. The molecule has 2 aromatic rings. The van der Waals surface area contributed by atoms with E-state index < -0.39 is 0 Å². The molecule has 0 aliphatic rings. The summed E-state index contributed by atoms with van der Waals surface area (Å²) in [5, 5.41) is 9.05. The molecule has 0 spiro atoms. The molecule has 1 aromatic heterocycles. The molecular formula is C13H16N2O2. The Kier molecular flexibility index (Phi) is 3.24. The molecule has 0 saturated heterocycles. The summed E-state index contributed by atoms with van der Waals surface area (Å²) in [5.74, 6) is 0.851. The van der Waals surface area contributed by atoms with Crippen LogP contribution in [0.2, 0.25) is 0 Å². The summed E-state index contributed by atoms with van der Waals surface area (Å²) >= 11 is 0. The maximum Gasteiger partial charge on any atom is 0.152 e. The molecule has 1 aromatic carbocycles. The minimum Gasteiger partial charge on any atom is -0.396 e. The first-order valence-corrected chi connectivity index (χ1v) is 5.72. The summed E-state index contributed by atoms with van der Waals surface area (Å²) in [6, 6.07) is 7.46. The molecule has 17 heavy (non-hydrogen) atoms. The maximum absolute atomic E-state index is 11.5. The lowest BCUT2D eigenvalue weighted by Gasteiger charge is -2.14. The Morgan fingerprint density at radius 1 is 1.47 bits per heavy atom. The SMILES string of the molecule is CC(=O)C(C)n1c(CCO)nc2ccccc21. The van der Waals surface area contributed by atoms with Gasteiger partial charge in [0.15, 0.2) is 5.78 Å². The summed E-state index contributed by atoms with van der Waals surface area (Å²) < 4.78 is 1.91. The average molecular weight is 232 g/mol. The van der Waals surface area contributed by atoms with E-state index >= 15 is 0 Å². The number of aliphatic hydroxyl groups excluding tert-OH is 1. The lowest BCUT2D eigenvalue weighted by molar-refractivity contribution is -0.119. The lowest BCUT2D eigenvalue weighted by atomic mass is 10.2. The highest BCUT2D eigenvalue weighted by atomic mass is 16.3. The molecule has 4 nitrogen and oxygen atoms in total. The second-order valence-electron chi connectivity index (χ2n) is 4.15. The highest BCUT2D eigenvalue weighted by Gasteiger charge is 2.17. The van der Waals surface area contributed by atoms with Crippen LogP contribution in [0.5, 0.6) is 0 Å². The van der Waals surface area contributed by atoms with Crippen molar-refractivity contribution >= 4 is 16.8 Å². The molecule has 0 bridgehead atoms. The normalized spacial score (nSPS) is 12.9. The molecular weight excluding hydrogens is 216 g/mol. The largest absolute Gasteiger partial charge is 0.396 e. The van der Waals surface area contributed by atoms with Gasteiger partial charge in [-0.15, -0.1) is 0 Å². The van der Waals surface area contributed by atoms with Gasteiger partial charge in [0.05, 0.1) is 23.7 Å². The van der Waals surface area contributed by atoms with Gasteiger partial charge < -0.3 is 9.67 Å². The molecule has 1 heterocycles. The fourth-order valence-corrected chi connectivity index (χ4v) is 1.98. The Balaban J connectivity index is 2.63. The van der Waals surface area contributed by atoms with E-state index in [0.717, 1.165) is 16.9 Å². The summed E-state index contributed by atoms with van der Waals surface area (Å²) in [5.41, 5.74) is 1.81. The molecule has 0 aliphatic heterocycles. The van der Waals surface area contributed by atoms with E-state index in [9.17, 15) is 4.79 Å². The van der Waals surface area contributed by atoms with Gasteiger partial charge in [0.25, 0.3) is 0 Å². The Hall–Kier alpha value is -1.68. The second-order valence-corrected chi connectivity index (χ2v) is 4.15. The van der Waals surface area contributed by atoms with E-state index in [1.807, 2.05) is 35.8 Å². The zero-order valence-corrected chi connectivity index (χ0v) is 10.1. The van der Waals surface area contributed by atoms with Crippen LogP contribution in [0.25, 0.3) is 11.0 Å². The highest BCUT2D eigenvalue weighted by Crippen LogP contribution is 2.21. The number of carbonyl (C=O) groups is 1. The number of hydrogen-bond donors (Lipinski definition) is 1. The topological polar surface area (TPSA) is 55.1 Å². The average Bonchev–Trinajstić information content (AvgIpc) is 2.66. The number of hydrogen-bond acceptors (Lipinski definition) is 3. The smallest absolute Gasteiger partial charge is 0.152 e. The van der Waals surface area contributed by atoms with Crippen LogP contribution in [0, 0.1) is 0 Å². The first-order chi connectivity index (χ1) is 8.15. The van der Waals surface area contributed by atoms with Crippen LogP contribution < -0.4 is 0 Å². The number of carbonyl (C=O) groups excluding carboxylic acids is 1. The summed E-state index contributed by atoms with van der Waals surface area (Å²) in [6.07, 6.45) is 0.465. The number of rotatable bonds is 4. The fourth-order valence-electron chi connectivity index (χ4n) is 1.98. The molecule has 1 unspecified atom stereocenters. The first-order valence-electron chi connectivity index (χ1n) is 5.72. The number of nitrogens with zero attached hydrogens (tertiary/aromatic N) is 2. The van der Waals surface area contributed by atoms with Crippen molar-refractivity contribution in [1.29, 1.82) is 0 Å². The molecule has 0 aliphatic carbocycles. The lowest BCUT2D eigenvalue weighted by Crippen LogP contribution is -2.16. The molecule has 0 radical (unpaired) electrons. The molecule has 0 amide bonds. The van der Waals surface area contributed by atoms with Gasteiger partial charge in [-0.05, 0) is 26.0 Å². The van der Waals surface area contributed by atoms with E-state index in [1.165, 1.54) is 0 Å². The number of aliphatic hydroxyl groups is 1. The first kappa shape index (κ1) is 11.8. The van der Waals surface area contributed by atoms with Crippen LogP contribution in [-0.2, 0) is 11.2 Å². The van der Waals surface area contributed by atoms with Crippen molar-refractivity contribution in [3.63, 3.8) is 0 Å². The number of ketones is 1. The molecule has 90 valence electrons. The van der Waals surface area contributed by atoms with Gasteiger partial charge in [-0.1, -0.05) is 12.1 Å². The van der Waals surface area contributed by atoms with E-state index in [1.54, 1.807) is 6.92 Å². The standard InChI is InChI=1S/C13H16N2O2/c1-9(10(2)17)15-12-6-4-3-5-11(12)14-13(15)7-8-16/h3-6,9,16H,7-8H2,1-2H3. The predicted octanol–water partition coefficient (Wildman–Crippen LogP) is 1.72. The zero-order valence-electron chi connectivity index (χ0n) is 10.1. The number of para-hydroxylation sites is 2. The van der Waals surface area contributed by atoms with Gasteiger partial charge in [0, 0.05) is 6.42 Å². The molecule has 0 saturated carbocycles. The Morgan fingerprint density at radius 2 is 2.18 bits per heavy atom. The van der Waals surface area contributed by atoms with Crippen LogP contribution in [0.3, 0.4) is 0 Å². The third-order valence-electron chi connectivity index (χ3n) is 2.98. The number of Topliss-reactive ketones (excluding diaryl/α,β-unsaturated/α-hetero) is 1. The zero-order chi connectivity index (χ0) is 12.4. The van der Waals surface area contributed by atoms with Crippen LogP contribution in [0.4, 0.5) is 0 Å². The van der Waals surface area contributed by atoms with Gasteiger partial charge in [-0.25, -0.2) is 4.98 Å². The molecule has 1 atom stereocenters. The predicted molar refractivity (Wildman–Crippen MR) is 65.9 cm³/mol. The highest BCUT2D eigenvalue weighted by molar-refractivity contribution is 5.83. The van der Waals surface area contributed by atoms with E-state index in [-0.39, 0.29) is 18.4 Å². The molecule has 1 N–H and O–H groups in total. The van der Waals surface area contributed by atoms with Crippen molar-refractivity contribution in [3.8, 4) is 0 Å². The maximum atomic E-state index is 11.5. The van der Waals surface area contributed by atoms with Crippen LogP contribution in [0.1, 0.15) is 25.7 Å². The Bertz CT molecular complexity index is 545. The quantitative estimate of drug-likeness (QED) is 0.873. The molecule has 0 fully saturated rings. The van der Waals surface area contributed by atoms with Crippen molar-refractivity contribution < 1.29 is 9.90 Å². The summed E-state index contributed by atoms with van der Waals surface area (Å²) in [7, 11) is 0. The molecule has 4 heteroatoms. The minimum atomic E-state index is -0.246. The monoisotopic (exact) mass is 232 g/mol. The van der Waals surface area contributed by atoms with E-state index in [0.29, 0.717) is 6.42 Å². The second kappa shape index (κ2) is 4.67. The van der Waals surface area contributed by atoms with E-state index in [4.69, 9.17) is 5.11 Å². The summed E-state index contributed by atoms with van der Waals surface area (Å²) in [4.78, 5) is 16.0. The minimum absolute atomic E-state index is 0.0357.